The van der Waals surface area contributed by atoms with Crippen molar-refractivity contribution in [1.82, 2.24) is 0 Å². The molecule has 0 atom stereocenters. The minimum Gasteiger partial charge on any atom is -0.497 e. The summed E-state index contributed by atoms with van der Waals surface area (Å²) in [6, 6.07) is 22.4. The molecule has 7 heteroatoms. The number of benzene rings is 3. The van der Waals surface area contributed by atoms with Crippen LogP contribution in [0.15, 0.2) is 82.7 Å². The fourth-order valence-electron chi connectivity index (χ4n) is 3.25. The molecule has 6 nitrogen and oxygen atoms in total. The first-order valence-electron chi connectivity index (χ1n) is 9.87. The van der Waals surface area contributed by atoms with E-state index in [0.29, 0.717) is 32.9 Å². The van der Waals surface area contributed by atoms with Crippen molar-refractivity contribution >= 4 is 40.3 Å². The summed E-state index contributed by atoms with van der Waals surface area (Å²) < 4.78 is 16.2. The lowest BCUT2D eigenvalue weighted by Crippen LogP contribution is -2.29. The molecule has 32 heavy (non-hydrogen) atoms. The highest BCUT2D eigenvalue weighted by molar-refractivity contribution is 8.19. The summed E-state index contributed by atoms with van der Waals surface area (Å²) in [4.78, 5) is 20.4. The van der Waals surface area contributed by atoms with Crippen LogP contribution in [0.1, 0.15) is 5.56 Å². The number of methoxy groups -OCH3 is 3. The summed E-state index contributed by atoms with van der Waals surface area (Å²) in [6.07, 6.45) is 1.85. The van der Waals surface area contributed by atoms with E-state index in [9.17, 15) is 4.79 Å². The van der Waals surface area contributed by atoms with Gasteiger partial charge < -0.3 is 14.2 Å². The van der Waals surface area contributed by atoms with E-state index in [1.165, 1.54) is 11.8 Å². The lowest BCUT2D eigenvalue weighted by atomic mass is 10.2. The molecule has 0 bridgehead atoms. The Hall–Kier alpha value is -3.71. The molecule has 0 aromatic heterocycles. The summed E-state index contributed by atoms with van der Waals surface area (Å²) in [5, 5.41) is 0.517. The van der Waals surface area contributed by atoms with Crippen molar-refractivity contribution < 1.29 is 19.0 Å². The van der Waals surface area contributed by atoms with E-state index < -0.39 is 0 Å². The molecular formula is C25H22N2O4S. The number of thioether (sulfide) groups is 1. The van der Waals surface area contributed by atoms with Crippen LogP contribution in [0.25, 0.3) is 6.08 Å². The summed E-state index contributed by atoms with van der Waals surface area (Å²) >= 11 is 1.30. The highest BCUT2D eigenvalue weighted by Gasteiger charge is 2.36. The number of hydrogen-bond donors (Lipinski definition) is 0. The third-order valence-electron chi connectivity index (χ3n) is 4.85. The number of anilines is 1. The first kappa shape index (κ1) is 21.5. The molecule has 0 N–H and O–H groups in total. The lowest BCUT2D eigenvalue weighted by molar-refractivity contribution is -0.113. The molecule has 0 saturated carbocycles. The number of amidine groups is 1. The zero-order chi connectivity index (χ0) is 22.5. The van der Waals surface area contributed by atoms with Crippen molar-refractivity contribution in [1.29, 1.82) is 0 Å². The predicted octanol–water partition coefficient (Wildman–Crippen LogP) is 5.52. The molecule has 1 saturated heterocycles. The molecule has 3 aromatic rings. The van der Waals surface area contributed by atoms with E-state index in [1.54, 1.807) is 26.2 Å². The number of rotatable bonds is 6. The van der Waals surface area contributed by atoms with Gasteiger partial charge in [-0.1, -0.05) is 36.4 Å². The Morgan fingerprint density at radius 1 is 0.812 bits per heavy atom. The average Bonchev–Trinajstić information content (AvgIpc) is 3.14. The van der Waals surface area contributed by atoms with Gasteiger partial charge in [-0.05, 0) is 59.8 Å². The van der Waals surface area contributed by atoms with Gasteiger partial charge in [-0.15, -0.1) is 0 Å². The van der Waals surface area contributed by atoms with E-state index in [1.807, 2.05) is 78.9 Å². The number of aliphatic imine (C=N–C) groups is 1. The number of carbonyl (C=O) groups excluding carboxylic acids is 1. The van der Waals surface area contributed by atoms with Crippen LogP contribution in [0.2, 0.25) is 0 Å². The highest BCUT2D eigenvalue weighted by Crippen LogP contribution is 2.41. The molecule has 0 aliphatic carbocycles. The van der Waals surface area contributed by atoms with Gasteiger partial charge in [-0.25, -0.2) is 4.99 Å². The van der Waals surface area contributed by atoms with Crippen molar-refractivity contribution in [3.8, 4) is 17.2 Å². The summed E-state index contributed by atoms with van der Waals surface area (Å²) in [5.41, 5.74) is 2.15. The molecule has 1 aliphatic heterocycles. The zero-order valence-corrected chi connectivity index (χ0v) is 18.8. The van der Waals surface area contributed by atoms with Crippen molar-refractivity contribution in [3.05, 3.63) is 83.3 Å². The Labute approximate surface area is 191 Å². The third-order valence-corrected chi connectivity index (χ3v) is 5.82. The fraction of sp³-hybridized carbons (Fsp3) is 0.120. The summed E-state index contributed by atoms with van der Waals surface area (Å²) in [5.74, 6) is 1.79. The Kier molecular flexibility index (Phi) is 6.47. The molecule has 1 aliphatic rings. The van der Waals surface area contributed by atoms with Crippen LogP contribution < -0.4 is 19.1 Å². The SMILES string of the molecule is COc1ccc(C=C2SC(=Nc3ccccc3OC)N(c3ccccc3OC)C2=O)cc1. The maximum Gasteiger partial charge on any atom is 0.271 e. The molecule has 0 unspecified atom stereocenters. The second kappa shape index (κ2) is 9.62. The lowest BCUT2D eigenvalue weighted by Gasteiger charge is -2.18. The van der Waals surface area contributed by atoms with Gasteiger partial charge in [0.25, 0.3) is 5.91 Å². The Morgan fingerprint density at radius 2 is 1.47 bits per heavy atom. The monoisotopic (exact) mass is 446 g/mol. The van der Waals surface area contributed by atoms with Gasteiger partial charge in [0, 0.05) is 0 Å². The van der Waals surface area contributed by atoms with Gasteiger partial charge in [-0.3, -0.25) is 9.69 Å². The van der Waals surface area contributed by atoms with Crippen molar-refractivity contribution in [2.24, 2.45) is 4.99 Å². The topological polar surface area (TPSA) is 60.4 Å². The smallest absolute Gasteiger partial charge is 0.271 e. The van der Waals surface area contributed by atoms with Crippen LogP contribution in [-0.4, -0.2) is 32.4 Å². The van der Waals surface area contributed by atoms with Gasteiger partial charge in [0.05, 0.1) is 31.9 Å². The van der Waals surface area contributed by atoms with Crippen LogP contribution in [0.3, 0.4) is 0 Å². The summed E-state index contributed by atoms with van der Waals surface area (Å²) in [7, 11) is 4.80. The average molecular weight is 447 g/mol. The van der Waals surface area contributed by atoms with Crippen LogP contribution >= 0.6 is 11.8 Å². The van der Waals surface area contributed by atoms with Gasteiger partial charge in [0.1, 0.15) is 22.9 Å². The number of ether oxygens (including phenoxy) is 3. The predicted molar refractivity (Wildman–Crippen MR) is 129 cm³/mol. The van der Waals surface area contributed by atoms with E-state index in [4.69, 9.17) is 19.2 Å². The Morgan fingerprint density at radius 3 is 2.16 bits per heavy atom. The number of hydrogen-bond acceptors (Lipinski definition) is 6. The van der Waals surface area contributed by atoms with E-state index in [0.717, 1.165) is 11.3 Å². The molecule has 0 spiro atoms. The van der Waals surface area contributed by atoms with Crippen LogP contribution in [0.4, 0.5) is 11.4 Å². The largest absolute Gasteiger partial charge is 0.497 e. The Balaban J connectivity index is 1.81. The van der Waals surface area contributed by atoms with E-state index in [-0.39, 0.29) is 5.91 Å². The van der Waals surface area contributed by atoms with Gasteiger partial charge in [0.2, 0.25) is 0 Å². The summed E-state index contributed by atoms with van der Waals surface area (Å²) in [6.45, 7) is 0. The molecule has 1 amide bonds. The Bertz CT molecular complexity index is 1190. The minimum atomic E-state index is -0.177. The van der Waals surface area contributed by atoms with Crippen LogP contribution in [-0.2, 0) is 4.79 Å². The number of carbonyl (C=O) groups is 1. The quantitative estimate of drug-likeness (QED) is 0.467. The maximum absolute atomic E-state index is 13.5. The van der Waals surface area contributed by atoms with Crippen LogP contribution in [0, 0.1) is 0 Å². The number of nitrogens with zero attached hydrogens (tertiary/aromatic N) is 2. The molecule has 1 heterocycles. The normalized spacial score (nSPS) is 16.0. The highest BCUT2D eigenvalue weighted by atomic mass is 32.2. The number of amides is 1. The zero-order valence-electron chi connectivity index (χ0n) is 17.9. The standard InChI is InChI=1S/C25H22N2O4S/c1-29-18-14-12-17(13-15-18)16-23-24(28)27(20-9-5-7-11-22(20)31-3)25(32-23)26-19-8-4-6-10-21(19)30-2/h4-16H,1-3H3. The van der Waals surface area contributed by atoms with Crippen LogP contribution in [0.5, 0.6) is 17.2 Å². The third kappa shape index (κ3) is 4.33. The van der Waals surface area contributed by atoms with Gasteiger partial charge in [0.15, 0.2) is 5.17 Å². The molecule has 162 valence electrons. The van der Waals surface area contributed by atoms with E-state index >= 15 is 0 Å². The second-order valence-electron chi connectivity index (χ2n) is 6.76. The molecular weight excluding hydrogens is 424 g/mol. The molecule has 4 rings (SSSR count). The van der Waals surface area contributed by atoms with Crippen molar-refractivity contribution in [2.45, 2.75) is 0 Å². The number of para-hydroxylation sites is 4. The molecule has 3 aromatic carbocycles. The fourth-order valence-corrected chi connectivity index (χ4v) is 4.24. The van der Waals surface area contributed by atoms with Gasteiger partial charge in [-0.2, -0.15) is 0 Å². The molecule has 1 fully saturated rings. The first-order chi connectivity index (χ1) is 15.6. The second-order valence-corrected chi connectivity index (χ2v) is 7.77. The minimum absolute atomic E-state index is 0.177. The first-order valence-corrected chi connectivity index (χ1v) is 10.7. The maximum atomic E-state index is 13.5. The van der Waals surface area contributed by atoms with Crippen molar-refractivity contribution in [3.63, 3.8) is 0 Å². The van der Waals surface area contributed by atoms with Gasteiger partial charge >= 0.3 is 0 Å². The molecule has 0 radical (unpaired) electrons. The van der Waals surface area contributed by atoms with E-state index in [2.05, 4.69) is 0 Å². The van der Waals surface area contributed by atoms with Crippen molar-refractivity contribution in [2.75, 3.05) is 26.2 Å².